The second kappa shape index (κ2) is 3.75. The van der Waals surface area contributed by atoms with Crippen LogP contribution in [-0.2, 0) is 19.9 Å². The summed E-state index contributed by atoms with van der Waals surface area (Å²) >= 11 is 0. The van der Waals surface area contributed by atoms with Crippen molar-refractivity contribution in [1.82, 2.24) is 9.77 Å². The Labute approximate surface area is 53.2 Å². The number of hydrogen-bond acceptors (Lipinski definition) is 4. The highest BCUT2D eigenvalue weighted by molar-refractivity contribution is 7.87. The fourth-order valence-electron chi connectivity index (χ4n) is 0.236. The zero-order valence-corrected chi connectivity index (χ0v) is 5.86. The van der Waals surface area contributed by atoms with Crippen LogP contribution >= 0.6 is 0 Å². The largest absolute Gasteiger partial charge is 0.321 e. The van der Waals surface area contributed by atoms with Crippen LogP contribution < -0.4 is 9.77 Å². The molecule has 56 valence electrons. The summed E-state index contributed by atoms with van der Waals surface area (Å²) in [6.45, 7) is 0. The van der Waals surface area contributed by atoms with Crippen LogP contribution in [0.15, 0.2) is 0 Å². The third-order valence-corrected chi connectivity index (χ3v) is 1.16. The van der Waals surface area contributed by atoms with Gasteiger partial charge in [-0.3, -0.25) is 9.68 Å². The molecule has 6 nitrogen and oxygen atoms in total. The summed E-state index contributed by atoms with van der Waals surface area (Å²) in [7, 11) is -1.28. The van der Waals surface area contributed by atoms with Gasteiger partial charge in [-0.05, 0) is 0 Å². The van der Waals surface area contributed by atoms with E-state index in [0.29, 0.717) is 0 Å². The molecule has 2 N–H and O–H groups in total. The Morgan fingerprint density at radius 2 is 1.44 bits per heavy atom. The first-order valence-electron chi connectivity index (χ1n) is 1.97. The van der Waals surface area contributed by atoms with E-state index < -0.39 is 10.2 Å². The van der Waals surface area contributed by atoms with Crippen LogP contribution in [0.4, 0.5) is 0 Å². The molecule has 0 aromatic rings. The Bertz CT molecular complexity index is 140. The normalized spacial score (nSPS) is 11.8. The van der Waals surface area contributed by atoms with Crippen molar-refractivity contribution < 1.29 is 18.1 Å². The van der Waals surface area contributed by atoms with Gasteiger partial charge in [-0.2, -0.15) is 8.42 Å². The molecule has 0 bridgehead atoms. The Kier molecular flexibility index (Phi) is 3.66. The second-order valence-electron chi connectivity index (χ2n) is 1.08. The average Bonchev–Trinajstić information content (AvgIpc) is 1.64. The fraction of sp³-hybridized carbons (Fsp3) is 1.00. The van der Waals surface area contributed by atoms with E-state index in [9.17, 15) is 8.42 Å². The van der Waals surface area contributed by atoms with Gasteiger partial charge >= 0.3 is 10.2 Å². The number of rotatable bonds is 4. The summed E-state index contributed by atoms with van der Waals surface area (Å²) < 4.78 is 20.7. The lowest BCUT2D eigenvalue weighted by Gasteiger charge is -2.01. The maximum Gasteiger partial charge on any atom is 0.321 e. The molecule has 0 amide bonds. The lowest BCUT2D eigenvalue weighted by molar-refractivity contribution is 0.119. The van der Waals surface area contributed by atoms with E-state index in [1.165, 1.54) is 14.2 Å². The Morgan fingerprint density at radius 3 is 1.67 bits per heavy atom. The summed E-state index contributed by atoms with van der Waals surface area (Å²) in [6.07, 6.45) is 0. The smallest absolute Gasteiger partial charge is 0.289 e. The molecule has 7 heteroatoms. The van der Waals surface area contributed by atoms with E-state index in [1.54, 1.807) is 9.77 Å². The molecular weight excluding hydrogens is 148 g/mol. The summed E-state index contributed by atoms with van der Waals surface area (Å²) in [5.41, 5.74) is 0. The van der Waals surface area contributed by atoms with Crippen molar-refractivity contribution in [3.63, 3.8) is 0 Å². The maximum atomic E-state index is 10.4. The first-order valence-corrected chi connectivity index (χ1v) is 3.45. The summed E-state index contributed by atoms with van der Waals surface area (Å²) in [5.74, 6) is 0. The Hall–Kier alpha value is -0.210. The van der Waals surface area contributed by atoms with Gasteiger partial charge in [0.15, 0.2) is 0 Å². The van der Waals surface area contributed by atoms with E-state index in [-0.39, 0.29) is 0 Å². The molecule has 0 aromatic heterocycles. The van der Waals surface area contributed by atoms with Crippen LogP contribution in [0.25, 0.3) is 0 Å². The van der Waals surface area contributed by atoms with Crippen LogP contribution in [0.3, 0.4) is 0 Å². The van der Waals surface area contributed by atoms with E-state index in [2.05, 4.69) is 9.68 Å². The van der Waals surface area contributed by atoms with Crippen molar-refractivity contribution in [3.8, 4) is 0 Å². The monoisotopic (exact) mass is 156 g/mol. The quantitative estimate of drug-likeness (QED) is 0.487. The maximum absolute atomic E-state index is 10.4. The van der Waals surface area contributed by atoms with Crippen LogP contribution in [0.2, 0.25) is 0 Å². The summed E-state index contributed by atoms with van der Waals surface area (Å²) in [5, 5.41) is 0. The van der Waals surface area contributed by atoms with Crippen molar-refractivity contribution in [2.45, 2.75) is 0 Å². The zero-order valence-electron chi connectivity index (χ0n) is 5.04. The van der Waals surface area contributed by atoms with E-state index in [1.807, 2.05) is 0 Å². The molecule has 9 heavy (non-hydrogen) atoms. The minimum atomic E-state index is -3.63. The van der Waals surface area contributed by atoms with Gasteiger partial charge in [0.1, 0.15) is 0 Å². The third-order valence-electron chi connectivity index (χ3n) is 0.386. The Balaban J connectivity index is 3.73. The minimum absolute atomic E-state index is 1.18. The predicted octanol–water partition coefficient (Wildman–Crippen LogP) is -1.47. The number of hydrogen-bond donors (Lipinski definition) is 2. The average molecular weight is 156 g/mol. The molecule has 0 fully saturated rings. The van der Waals surface area contributed by atoms with Crippen LogP contribution in [0.5, 0.6) is 0 Å². The van der Waals surface area contributed by atoms with Gasteiger partial charge in [0.2, 0.25) is 0 Å². The van der Waals surface area contributed by atoms with Crippen LogP contribution in [0.1, 0.15) is 0 Å². The van der Waals surface area contributed by atoms with E-state index >= 15 is 0 Å². The van der Waals surface area contributed by atoms with Gasteiger partial charge in [0.05, 0.1) is 14.2 Å². The van der Waals surface area contributed by atoms with Gasteiger partial charge in [-0.25, -0.2) is 0 Å². The molecule has 0 aliphatic heterocycles. The molecule has 0 saturated heterocycles. The fourth-order valence-corrected chi connectivity index (χ4v) is 0.709. The zero-order chi connectivity index (χ0) is 7.33. The molecule has 0 aliphatic carbocycles. The predicted molar refractivity (Wildman–Crippen MR) is 29.2 cm³/mol. The molecule has 0 aliphatic rings. The Morgan fingerprint density at radius 1 is 1.11 bits per heavy atom. The molecule has 0 spiro atoms. The highest BCUT2D eigenvalue weighted by Crippen LogP contribution is 1.72. The van der Waals surface area contributed by atoms with Crippen molar-refractivity contribution in [2.75, 3.05) is 14.2 Å². The lowest BCUT2D eigenvalue weighted by atomic mass is 11.7. The first kappa shape index (κ1) is 8.79. The van der Waals surface area contributed by atoms with Crippen LogP contribution in [0, 0.1) is 0 Å². The molecular formula is C2H8N2O4S. The van der Waals surface area contributed by atoms with E-state index in [4.69, 9.17) is 0 Å². The second-order valence-corrected chi connectivity index (χ2v) is 2.42. The highest BCUT2D eigenvalue weighted by Gasteiger charge is 2.04. The van der Waals surface area contributed by atoms with E-state index in [0.717, 1.165) is 0 Å². The van der Waals surface area contributed by atoms with Crippen molar-refractivity contribution >= 4 is 10.2 Å². The molecule has 0 radical (unpaired) electrons. The molecule has 0 aromatic carbocycles. The van der Waals surface area contributed by atoms with Crippen molar-refractivity contribution in [2.24, 2.45) is 0 Å². The van der Waals surface area contributed by atoms with Gasteiger partial charge in [-0.15, -0.1) is 0 Å². The molecule has 0 atom stereocenters. The summed E-state index contributed by atoms with van der Waals surface area (Å²) in [6, 6.07) is 0. The topological polar surface area (TPSA) is 76.7 Å². The van der Waals surface area contributed by atoms with Crippen molar-refractivity contribution in [1.29, 1.82) is 0 Å². The van der Waals surface area contributed by atoms with Crippen molar-refractivity contribution in [3.05, 3.63) is 0 Å². The number of nitrogens with one attached hydrogen (secondary N) is 2. The summed E-state index contributed by atoms with van der Waals surface area (Å²) in [4.78, 5) is 11.5. The minimum Gasteiger partial charge on any atom is -0.289 e. The van der Waals surface area contributed by atoms with Crippen LogP contribution in [-0.4, -0.2) is 22.6 Å². The highest BCUT2D eigenvalue weighted by atomic mass is 32.2. The SMILES string of the molecule is CONS(=O)(=O)NOC. The van der Waals surface area contributed by atoms with Gasteiger partial charge < -0.3 is 0 Å². The molecule has 0 rings (SSSR count). The molecule has 0 saturated carbocycles. The first-order chi connectivity index (χ1) is 4.12. The molecule has 0 heterocycles. The van der Waals surface area contributed by atoms with Gasteiger partial charge in [0, 0.05) is 0 Å². The van der Waals surface area contributed by atoms with Gasteiger partial charge in [0.25, 0.3) is 0 Å². The standard InChI is InChI=1S/C2H8N2O4S/c1-7-3-9(5,6)4-8-2/h3-4H,1-2H3. The lowest BCUT2D eigenvalue weighted by Crippen LogP contribution is -2.34. The van der Waals surface area contributed by atoms with Gasteiger partial charge in [-0.1, -0.05) is 9.77 Å². The third kappa shape index (κ3) is 4.30. The molecule has 0 unspecified atom stereocenters.